The molecule has 214 valence electrons. The average Bonchev–Trinajstić information content (AvgIpc) is 3.71. The summed E-state index contributed by atoms with van der Waals surface area (Å²) < 4.78 is 13.5. The molecule has 11 heteroatoms. The fourth-order valence-corrected chi connectivity index (χ4v) is 6.78. The number of rotatable bonds is 12. The summed E-state index contributed by atoms with van der Waals surface area (Å²) in [6.45, 7) is 11.3. The van der Waals surface area contributed by atoms with Gasteiger partial charge in [-0.2, -0.15) is 0 Å². The number of benzene rings is 1. The van der Waals surface area contributed by atoms with Gasteiger partial charge in [-0.25, -0.2) is 4.68 Å². The third-order valence-corrected chi connectivity index (χ3v) is 8.82. The fraction of sp³-hybridized carbons (Fsp3) is 0.552. The van der Waals surface area contributed by atoms with E-state index >= 15 is 0 Å². The Labute approximate surface area is 233 Å². The van der Waals surface area contributed by atoms with Crippen molar-refractivity contribution in [2.45, 2.75) is 63.6 Å². The Morgan fingerprint density at radius 3 is 2.80 bits per heavy atom. The molecule has 1 aromatic carbocycles. The topological polar surface area (TPSA) is 127 Å². The highest BCUT2D eigenvalue weighted by Gasteiger charge is 2.75. The van der Waals surface area contributed by atoms with Crippen LogP contribution in [0.5, 0.6) is 0 Å². The van der Waals surface area contributed by atoms with Gasteiger partial charge in [-0.3, -0.25) is 14.4 Å². The molecule has 2 bridgehead atoms. The summed E-state index contributed by atoms with van der Waals surface area (Å²) in [4.78, 5) is 45.1. The van der Waals surface area contributed by atoms with E-state index < -0.39 is 41.6 Å². The molecule has 2 amide bonds. The van der Waals surface area contributed by atoms with Crippen molar-refractivity contribution in [1.29, 1.82) is 0 Å². The van der Waals surface area contributed by atoms with E-state index in [1.165, 1.54) is 11.0 Å². The number of esters is 1. The lowest BCUT2D eigenvalue weighted by molar-refractivity contribution is -0.157. The normalized spacial score (nSPS) is 28.4. The first-order chi connectivity index (χ1) is 19.3. The number of nitrogens with zero attached hydrogens (tertiary/aromatic N) is 5. The number of carbonyl (C=O) groups excluding carboxylic acids is 3. The van der Waals surface area contributed by atoms with E-state index in [9.17, 15) is 19.5 Å². The maximum atomic E-state index is 14.6. The number of hydrogen-bond acceptors (Lipinski definition) is 8. The molecule has 1 N–H and O–H groups in total. The van der Waals surface area contributed by atoms with Crippen LogP contribution in [-0.2, 0) is 30.5 Å². The van der Waals surface area contributed by atoms with Gasteiger partial charge >= 0.3 is 5.97 Å². The Hall–Kier alpha value is -3.57. The molecule has 3 aliphatic heterocycles. The molecule has 0 radical (unpaired) electrons. The van der Waals surface area contributed by atoms with E-state index in [0.29, 0.717) is 24.8 Å². The number of hydrogen-bond donors (Lipinski definition) is 1. The van der Waals surface area contributed by atoms with Crippen molar-refractivity contribution in [1.82, 2.24) is 24.8 Å². The Kier molecular flexibility index (Phi) is 7.78. The minimum absolute atomic E-state index is 0.0210. The predicted octanol–water partition coefficient (Wildman–Crippen LogP) is 1.91. The maximum Gasteiger partial charge on any atom is 0.312 e. The molecule has 0 saturated carbocycles. The minimum atomic E-state index is -1.21. The summed E-state index contributed by atoms with van der Waals surface area (Å²) in [5.41, 5.74) is 0.248. The molecule has 3 saturated heterocycles. The predicted molar refractivity (Wildman–Crippen MR) is 145 cm³/mol. The average molecular weight is 552 g/mol. The third-order valence-electron chi connectivity index (χ3n) is 8.82. The van der Waals surface area contributed by atoms with Crippen LogP contribution in [0, 0.1) is 17.8 Å². The molecular formula is C29H37N5O6. The zero-order valence-electron chi connectivity index (χ0n) is 23.0. The molecule has 5 rings (SSSR count). The second kappa shape index (κ2) is 11.1. The van der Waals surface area contributed by atoms with E-state index in [1.807, 2.05) is 38.1 Å². The van der Waals surface area contributed by atoms with Crippen molar-refractivity contribution >= 4 is 28.8 Å². The van der Waals surface area contributed by atoms with Gasteiger partial charge in [0.05, 0.1) is 36.1 Å². The highest BCUT2D eigenvalue weighted by molar-refractivity contribution is 5.98. The monoisotopic (exact) mass is 551 g/mol. The SMILES string of the molecule is C=CCOC(=O)[C@@H]1[C@@H]2CCC3(O2)C(C(=O)N(CC=C)Cn2nnc4ccccc42)N([C@@H](CO)[C@@H](C)CC)C(=O)[C@H]13. The molecule has 3 aliphatic rings. The van der Waals surface area contributed by atoms with Crippen molar-refractivity contribution in [3.63, 3.8) is 0 Å². The standard InChI is InChI=1S/C29H37N5O6/c1-5-14-32(17-33-20-11-9-8-10-19(20)30-31-33)27(37)25-29-13-12-22(40-29)23(28(38)39-15-6-2)24(29)26(36)34(25)21(16-35)18(4)7-3/h5-6,8-11,18,21-25,35H,1-2,7,12-17H2,3-4H3/t18-,21-,22-,23+,24-,25?,29?/m0/s1. The smallest absolute Gasteiger partial charge is 0.312 e. The van der Waals surface area contributed by atoms with Gasteiger partial charge in [-0.05, 0) is 30.9 Å². The van der Waals surface area contributed by atoms with Crippen LogP contribution >= 0.6 is 0 Å². The Morgan fingerprint density at radius 1 is 1.32 bits per heavy atom. The van der Waals surface area contributed by atoms with Crippen LogP contribution < -0.4 is 0 Å². The highest BCUT2D eigenvalue weighted by Crippen LogP contribution is 2.59. The zero-order chi connectivity index (χ0) is 28.6. The summed E-state index contributed by atoms with van der Waals surface area (Å²) in [5, 5.41) is 18.9. The molecule has 4 heterocycles. The van der Waals surface area contributed by atoms with Gasteiger partial charge in [-0.15, -0.1) is 11.7 Å². The van der Waals surface area contributed by atoms with Gasteiger partial charge in [0.2, 0.25) is 11.8 Å². The van der Waals surface area contributed by atoms with Gasteiger partial charge in [0.1, 0.15) is 30.4 Å². The van der Waals surface area contributed by atoms with E-state index in [-0.39, 0.29) is 44.2 Å². The van der Waals surface area contributed by atoms with Crippen LogP contribution in [0.3, 0.4) is 0 Å². The lowest BCUT2D eigenvalue weighted by atomic mass is 9.70. The molecule has 1 spiro atoms. The highest BCUT2D eigenvalue weighted by atomic mass is 16.6. The number of likely N-dealkylation sites (tertiary alicyclic amines) is 1. The summed E-state index contributed by atoms with van der Waals surface area (Å²) in [6, 6.07) is 5.79. The number of ether oxygens (including phenoxy) is 2. The fourth-order valence-electron chi connectivity index (χ4n) is 6.78. The van der Waals surface area contributed by atoms with Crippen LogP contribution in [0.1, 0.15) is 33.1 Å². The largest absolute Gasteiger partial charge is 0.461 e. The van der Waals surface area contributed by atoms with Crippen LogP contribution in [0.25, 0.3) is 11.0 Å². The molecule has 3 fully saturated rings. The summed E-state index contributed by atoms with van der Waals surface area (Å²) in [7, 11) is 0. The molecule has 0 aliphatic carbocycles. The Balaban J connectivity index is 1.56. The van der Waals surface area contributed by atoms with Crippen LogP contribution in [-0.4, -0.2) is 91.2 Å². The van der Waals surface area contributed by atoms with Crippen molar-refractivity contribution < 1.29 is 29.0 Å². The summed E-state index contributed by atoms with van der Waals surface area (Å²) in [6.07, 6.45) is 4.22. The first-order valence-electron chi connectivity index (χ1n) is 13.9. The molecule has 2 unspecified atom stereocenters. The van der Waals surface area contributed by atoms with Gasteiger partial charge in [0.25, 0.3) is 0 Å². The number of aliphatic hydroxyl groups is 1. The zero-order valence-corrected chi connectivity index (χ0v) is 23.0. The first kappa shape index (κ1) is 28.0. The van der Waals surface area contributed by atoms with Crippen molar-refractivity contribution in [3.05, 3.63) is 49.6 Å². The van der Waals surface area contributed by atoms with Crippen molar-refractivity contribution in [2.75, 3.05) is 19.8 Å². The third kappa shape index (κ3) is 4.32. The first-order valence-corrected chi connectivity index (χ1v) is 13.9. The Morgan fingerprint density at radius 2 is 2.10 bits per heavy atom. The molecule has 40 heavy (non-hydrogen) atoms. The minimum Gasteiger partial charge on any atom is -0.461 e. The van der Waals surface area contributed by atoms with Gasteiger partial charge in [0, 0.05) is 6.54 Å². The Bertz CT molecular complexity index is 1310. The van der Waals surface area contributed by atoms with E-state index in [4.69, 9.17) is 9.47 Å². The molecule has 7 atom stereocenters. The summed E-state index contributed by atoms with van der Waals surface area (Å²) >= 11 is 0. The quantitative estimate of drug-likeness (QED) is 0.313. The second-order valence-electron chi connectivity index (χ2n) is 10.9. The number of aromatic nitrogens is 3. The van der Waals surface area contributed by atoms with Gasteiger partial charge in [-0.1, -0.05) is 56.3 Å². The lowest BCUT2D eigenvalue weighted by Gasteiger charge is -2.40. The second-order valence-corrected chi connectivity index (χ2v) is 10.9. The molecule has 1 aromatic heterocycles. The van der Waals surface area contributed by atoms with E-state index in [0.717, 1.165) is 5.52 Å². The van der Waals surface area contributed by atoms with E-state index in [2.05, 4.69) is 23.5 Å². The van der Waals surface area contributed by atoms with Crippen molar-refractivity contribution in [3.8, 4) is 0 Å². The van der Waals surface area contributed by atoms with Gasteiger partial charge in [0.15, 0.2) is 0 Å². The number of para-hydroxylation sites is 1. The maximum absolute atomic E-state index is 14.6. The molecule has 2 aromatic rings. The molecule has 11 nitrogen and oxygen atoms in total. The number of fused-ring (bicyclic) bond motifs is 2. The molecular weight excluding hydrogens is 514 g/mol. The summed E-state index contributed by atoms with van der Waals surface area (Å²) in [5.74, 6) is -3.05. The van der Waals surface area contributed by atoms with Crippen LogP contribution in [0.2, 0.25) is 0 Å². The van der Waals surface area contributed by atoms with Crippen molar-refractivity contribution in [2.24, 2.45) is 17.8 Å². The van der Waals surface area contributed by atoms with Crippen LogP contribution in [0.4, 0.5) is 0 Å². The van der Waals surface area contributed by atoms with E-state index in [1.54, 1.807) is 15.7 Å². The van der Waals surface area contributed by atoms with Gasteiger partial charge < -0.3 is 24.4 Å². The lowest BCUT2D eigenvalue weighted by Crippen LogP contribution is -2.60. The number of carbonyl (C=O) groups is 3. The van der Waals surface area contributed by atoms with Crippen LogP contribution in [0.15, 0.2) is 49.6 Å². The number of amides is 2. The number of aliphatic hydroxyl groups excluding tert-OH is 1.